The average Bonchev–Trinajstić information content (AvgIpc) is 3.11. The summed E-state index contributed by atoms with van der Waals surface area (Å²) in [5.41, 5.74) is 0. The first kappa shape index (κ1) is 16.1. The molecule has 0 saturated heterocycles. The van der Waals surface area contributed by atoms with Crippen LogP contribution in [0.5, 0.6) is 0 Å². The van der Waals surface area contributed by atoms with Gasteiger partial charge in [0.05, 0.1) is 10.6 Å². The summed E-state index contributed by atoms with van der Waals surface area (Å²) in [6.45, 7) is 2.48. The lowest BCUT2D eigenvalue weighted by atomic mass is 10.3. The fraction of sp³-hybridized carbons (Fsp3) is 0.538. The molecular weight excluding hydrogens is 310 g/mol. The lowest BCUT2D eigenvalue weighted by Gasteiger charge is -2.07. The second-order valence-electron chi connectivity index (χ2n) is 4.63. The number of thiophene rings is 1. The highest BCUT2D eigenvalue weighted by Crippen LogP contribution is 2.25. The second kappa shape index (κ2) is 7.15. The summed E-state index contributed by atoms with van der Waals surface area (Å²) in [6, 6.07) is 3.80. The van der Waals surface area contributed by atoms with Gasteiger partial charge in [0.15, 0.2) is 5.82 Å². The van der Waals surface area contributed by atoms with Gasteiger partial charge in [0.1, 0.15) is 0 Å². The molecule has 0 unspecified atom stereocenters. The molecule has 2 aromatic rings. The Hall–Kier alpha value is -1.25. The summed E-state index contributed by atoms with van der Waals surface area (Å²) in [4.78, 5) is 0.908. The Kier molecular flexibility index (Phi) is 5.49. The van der Waals surface area contributed by atoms with Crippen molar-refractivity contribution in [2.75, 3.05) is 12.4 Å². The van der Waals surface area contributed by atoms with Gasteiger partial charge in [0.2, 0.25) is 15.0 Å². The zero-order valence-electron chi connectivity index (χ0n) is 11.9. The molecule has 6 nitrogen and oxygen atoms in total. The first-order valence-electron chi connectivity index (χ1n) is 6.91. The van der Waals surface area contributed by atoms with Crippen LogP contribution in [0.3, 0.4) is 0 Å². The Morgan fingerprint density at radius 3 is 2.71 bits per heavy atom. The molecule has 0 atom stereocenters. The lowest BCUT2D eigenvalue weighted by Crippen LogP contribution is -2.14. The Labute approximate surface area is 128 Å². The van der Waals surface area contributed by atoms with E-state index in [2.05, 4.69) is 10.2 Å². The predicted molar refractivity (Wildman–Crippen MR) is 82.0 cm³/mol. The van der Waals surface area contributed by atoms with Crippen LogP contribution in [0.25, 0.3) is 10.7 Å². The molecule has 0 aliphatic heterocycles. The van der Waals surface area contributed by atoms with E-state index in [1.54, 1.807) is 4.57 Å². The molecule has 2 rings (SSSR count). The van der Waals surface area contributed by atoms with Gasteiger partial charge in [-0.05, 0) is 31.2 Å². The molecule has 0 bridgehead atoms. The van der Waals surface area contributed by atoms with Gasteiger partial charge in [0.25, 0.3) is 0 Å². The molecule has 1 N–H and O–H groups in total. The molecule has 0 radical (unpaired) electrons. The quantitative estimate of drug-likeness (QED) is 0.748. The van der Waals surface area contributed by atoms with Gasteiger partial charge in [-0.1, -0.05) is 12.5 Å². The van der Waals surface area contributed by atoms with E-state index in [0.717, 1.165) is 4.88 Å². The molecule has 0 saturated carbocycles. The summed E-state index contributed by atoms with van der Waals surface area (Å²) in [7, 11) is -3.44. The highest BCUT2D eigenvalue weighted by molar-refractivity contribution is 7.91. The van der Waals surface area contributed by atoms with E-state index in [9.17, 15) is 8.42 Å². The van der Waals surface area contributed by atoms with Crippen molar-refractivity contribution in [2.24, 2.45) is 0 Å². The molecule has 0 fully saturated rings. The molecule has 0 spiro atoms. The summed E-state index contributed by atoms with van der Waals surface area (Å²) in [6.07, 6.45) is 1.83. The zero-order chi connectivity index (χ0) is 15.3. The third-order valence-corrected chi connectivity index (χ3v) is 5.67. The van der Waals surface area contributed by atoms with Crippen LogP contribution in [0.1, 0.15) is 26.2 Å². The van der Waals surface area contributed by atoms with Gasteiger partial charge in [0, 0.05) is 13.2 Å². The van der Waals surface area contributed by atoms with Crippen molar-refractivity contribution >= 4 is 21.2 Å². The molecule has 2 aromatic heterocycles. The largest absolute Gasteiger partial charge is 0.396 e. The summed E-state index contributed by atoms with van der Waals surface area (Å²) < 4.78 is 26.4. The molecule has 0 aliphatic rings. The van der Waals surface area contributed by atoms with E-state index in [0.29, 0.717) is 31.6 Å². The number of sulfone groups is 1. The van der Waals surface area contributed by atoms with Crippen LogP contribution in [0, 0.1) is 0 Å². The van der Waals surface area contributed by atoms with Crippen molar-refractivity contribution in [3.63, 3.8) is 0 Å². The summed E-state index contributed by atoms with van der Waals surface area (Å²) in [5.74, 6) is 0.636. The monoisotopic (exact) mass is 329 g/mol. The van der Waals surface area contributed by atoms with Gasteiger partial charge in [-0.25, -0.2) is 8.42 Å². The topological polar surface area (TPSA) is 85.1 Å². The van der Waals surface area contributed by atoms with Crippen LogP contribution in [0.4, 0.5) is 0 Å². The minimum absolute atomic E-state index is 0.0373. The number of aliphatic hydroxyl groups is 1. The van der Waals surface area contributed by atoms with E-state index in [1.165, 1.54) is 11.3 Å². The van der Waals surface area contributed by atoms with Crippen molar-refractivity contribution in [3.05, 3.63) is 17.5 Å². The highest BCUT2D eigenvalue weighted by Gasteiger charge is 2.24. The number of rotatable bonds is 8. The highest BCUT2D eigenvalue weighted by atomic mass is 32.2. The second-order valence-corrected chi connectivity index (χ2v) is 7.58. The zero-order valence-corrected chi connectivity index (χ0v) is 13.5. The number of nitrogens with zero attached hydrogens (tertiary/aromatic N) is 3. The Morgan fingerprint density at radius 2 is 2.10 bits per heavy atom. The molecule has 0 amide bonds. The van der Waals surface area contributed by atoms with Crippen LogP contribution in [-0.4, -0.2) is 40.6 Å². The molecule has 0 aliphatic carbocycles. The fourth-order valence-electron chi connectivity index (χ4n) is 2.06. The van der Waals surface area contributed by atoms with Gasteiger partial charge < -0.3 is 5.11 Å². The van der Waals surface area contributed by atoms with E-state index in [1.807, 2.05) is 24.4 Å². The first-order valence-corrected chi connectivity index (χ1v) is 9.44. The maximum atomic E-state index is 12.4. The van der Waals surface area contributed by atoms with E-state index < -0.39 is 9.84 Å². The number of unbranched alkanes of at least 4 members (excludes halogenated alkanes) is 2. The van der Waals surface area contributed by atoms with Crippen LogP contribution >= 0.6 is 11.3 Å². The smallest absolute Gasteiger partial charge is 0.250 e. The standard InChI is InChI=1S/C13H19N3O3S2/c1-2-16-12(11-7-6-9-20-11)14-15-13(16)21(18,19)10-5-3-4-8-17/h6-7,9,17H,2-5,8,10H2,1H3. The van der Waals surface area contributed by atoms with Gasteiger partial charge in [-0.2, -0.15) is 0 Å². The minimum atomic E-state index is -3.44. The molecule has 0 aromatic carbocycles. The SMILES string of the molecule is CCn1c(-c2cccs2)nnc1S(=O)(=O)CCCCCO. The van der Waals surface area contributed by atoms with E-state index in [4.69, 9.17) is 5.11 Å². The third kappa shape index (κ3) is 3.69. The van der Waals surface area contributed by atoms with Crippen LogP contribution in [0.15, 0.2) is 22.7 Å². The van der Waals surface area contributed by atoms with Crippen molar-refractivity contribution in [1.82, 2.24) is 14.8 Å². The summed E-state index contributed by atoms with van der Waals surface area (Å²) in [5, 5.41) is 18.6. The molecule has 21 heavy (non-hydrogen) atoms. The predicted octanol–water partition coefficient (Wildman–Crippen LogP) is 1.96. The third-order valence-electron chi connectivity index (χ3n) is 3.12. The molecular formula is C13H19N3O3S2. The summed E-state index contributed by atoms with van der Waals surface area (Å²) >= 11 is 1.51. The average molecular weight is 329 g/mol. The van der Waals surface area contributed by atoms with Crippen molar-refractivity contribution < 1.29 is 13.5 Å². The lowest BCUT2D eigenvalue weighted by molar-refractivity contribution is 0.284. The minimum Gasteiger partial charge on any atom is -0.396 e. The maximum absolute atomic E-state index is 12.4. The van der Waals surface area contributed by atoms with Gasteiger partial charge in [-0.15, -0.1) is 21.5 Å². The number of aromatic nitrogens is 3. The maximum Gasteiger partial charge on any atom is 0.250 e. The Bertz CT molecular complexity index is 663. The number of hydrogen-bond donors (Lipinski definition) is 1. The molecule has 2 heterocycles. The fourth-order valence-corrected chi connectivity index (χ4v) is 4.26. The Morgan fingerprint density at radius 1 is 1.29 bits per heavy atom. The molecule has 8 heteroatoms. The van der Waals surface area contributed by atoms with Crippen LogP contribution in [-0.2, 0) is 16.4 Å². The van der Waals surface area contributed by atoms with Gasteiger partial charge in [-0.3, -0.25) is 4.57 Å². The van der Waals surface area contributed by atoms with Gasteiger partial charge >= 0.3 is 0 Å². The van der Waals surface area contributed by atoms with Crippen molar-refractivity contribution in [3.8, 4) is 10.7 Å². The van der Waals surface area contributed by atoms with E-state index in [-0.39, 0.29) is 17.5 Å². The molecule has 116 valence electrons. The van der Waals surface area contributed by atoms with Crippen molar-refractivity contribution in [1.29, 1.82) is 0 Å². The van der Waals surface area contributed by atoms with Crippen LogP contribution in [0.2, 0.25) is 0 Å². The van der Waals surface area contributed by atoms with Crippen LogP contribution < -0.4 is 0 Å². The number of hydrogen-bond acceptors (Lipinski definition) is 6. The van der Waals surface area contributed by atoms with Crippen molar-refractivity contribution in [2.45, 2.75) is 37.9 Å². The Balaban J connectivity index is 2.23. The van der Waals surface area contributed by atoms with E-state index >= 15 is 0 Å². The normalized spacial score (nSPS) is 11.9. The first-order chi connectivity index (χ1) is 10.1. The number of aliphatic hydroxyl groups excluding tert-OH is 1.